The summed E-state index contributed by atoms with van der Waals surface area (Å²) in [5.41, 5.74) is 0.134. The van der Waals surface area contributed by atoms with Gasteiger partial charge in [0.05, 0.1) is 11.1 Å². The molecule has 18 heavy (non-hydrogen) atoms. The van der Waals surface area contributed by atoms with Crippen LogP contribution < -0.4 is 0 Å². The summed E-state index contributed by atoms with van der Waals surface area (Å²) in [6, 6.07) is 4.36. The average molecular weight is 256 g/mol. The number of carbonyl (C=O) groups is 3. The SMILES string of the molecule is Cc1cccc(C(=O)O)c1C(=O)O.O=C(O)CO. The fourth-order valence-corrected chi connectivity index (χ4v) is 1.13. The van der Waals surface area contributed by atoms with Crippen molar-refractivity contribution in [3.63, 3.8) is 0 Å². The topological polar surface area (TPSA) is 132 Å². The van der Waals surface area contributed by atoms with Gasteiger partial charge in [-0.25, -0.2) is 14.4 Å². The maximum atomic E-state index is 10.7. The lowest BCUT2D eigenvalue weighted by atomic mass is 10.0. The summed E-state index contributed by atoms with van der Waals surface area (Å²) in [6.45, 7) is 0.788. The van der Waals surface area contributed by atoms with E-state index in [0.29, 0.717) is 5.56 Å². The van der Waals surface area contributed by atoms with Gasteiger partial charge in [0, 0.05) is 0 Å². The minimum absolute atomic E-state index is 0.144. The molecule has 0 unspecified atom stereocenters. The molecule has 0 amide bonds. The summed E-state index contributed by atoms with van der Waals surface area (Å²) >= 11 is 0. The highest BCUT2D eigenvalue weighted by Gasteiger charge is 2.17. The normalized spacial score (nSPS) is 9.00. The Morgan fingerprint density at radius 1 is 1.06 bits per heavy atom. The monoisotopic (exact) mass is 256 g/mol. The van der Waals surface area contributed by atoms with Crippen LogP contribution in [-0.2, 0) is 4.79 Å². The molecule has 0 aromatic heterocycles. The van der Waals surface area contributed by atoms with E-state index >= 15 is 0 Å². The van der Waals surface area contributed by atoms with Crippen molar-refractivity contribution in [3.05, 3.63) is 34.9 Å². The van der Waals surface area contributed by atoms with Gasteiger partial charge in [0.2, 0.25) is 0 Å². The van der Waals surface area contributed by atoms with Crippen molar-refractivity contribution in [1.29, 1.82) is 0 Å². The molecule has 1 aromatic rings. The van der Waals surface area contributed by atoms with E-state index in [1.54, 1.807) is 13.0 Å². The fourth-order valence-electron chi connectivity index (χ4n) is 1.13. The van der Waals surface area contributed by atoms with Crippen LogP contribution in [0.2, 0.25) is 0 Å². The van der Waals surface area contributed by atoms with Gasteiger partial charge in [-0.1, -0.05) is 12.1 Å². The molecule has 7 heteroatoms. The Morgan fingerprint density at radius 2 is 1.56 bits per heavy atom. The molecule has 1 aromatic carbocycles. The minimum atomic E-state index is -1.22. The van der Waals surface area contributed by atoms with Crippen LogP contribution in [0.5, 0.6) is 0 Å². The Labute approximate surface area is 102 Å². The van der Waals surface area contributed by atoms with Gasteiger partial charge in [-0.15, -0.1) is 0 Å². The number of hydrogen-bond donors (Lipinski definition) is 4. The molecule has 0 fully saturated rings. The standard InChI is InChI=1S/C9H8O4.C2H4O3/c1-5-3-2-4-6(8(10)11)7(5)9(12)13;3-1-2(4)5/h2-4H,1H3,(H,10,11)(H,12,13);3H,1H2,(H,4,5). The largest absolute Gasteiger partial charge is 0.480 e. The zero-order valence-corrected chi connectivity index (χ0v) is 9.45. The first kappa shape index (κ1) is 15.6. The Balaban J connectivity index is 0.000000494. The Morgan fingerprint density at radius 3 is 1.83 bits per heavy atom. The van der Waals surface area contributed by atoms with Crippen LogP contribution >= 0.6 is 0 Å². The van der Waals surface area contributed by atoms with Crippen molar-refractivity contribution in [2.75, 3.05) is 6.61 Å². The third-order valence-electron chi connectivity index (χ3n) is 1.85. The smallest absolute Gasteiger partial charge is 0.336 e. The number of aryl methyl sites for hydroxylation is 1. The first-order valence-electron chi connectivity index (χ1n) is 4.70. The summed E-state index contributed by atoms with van der Waals surface area (Å²) in [5, 5.41) is 32.4. The van der Waals surface area contributed by atoms with Gasteiger partial charge < -0.3 is 20.4 Å². The van der Waals surface area contributed by atoms with Gasteiger partial charge in [-0.2, -0.15) is 0 Å². The molecule has 0 heterocycles. The lowest BCUT2D eigenvalue weighted by Crippen LogP contribution is -2.09. The summed E-state index contributed by atoms with van der Waals surface area (Å²) in [6.07, 6.45) is 0. The van der Waals surface area contributed by atoms with Gasteiger partial charge in [0.15, 0.2) is 0 Å². The second kappa shape index (κ2) is 7.02. The molecule has 0 bridgehead atoms. The van der Waals surface area contributed by atoms with Crippen molar-refractivity contribution in [3.8, 4) is 0 Å². The number of aromatic carboxylic acids is 2. The summed E-state index contributed by atoms with van der Waals surface area (Å²) < 4.78 is 0. The maximum Gasteiger partial charge on any atom is 0.336 e. The van der Waals surface area contributed by atoms with Gasteiger partial charge in [-0.3, -0.25) is 0 Å². The Bertz CT molecular complexity index is 464. The van der Waals surface area contributed by atoms with Gasteiger partial charge in [0.25, 0.3) is 0 Å². The highest BCUT2D eigenvalue weighted by molar-refractivity contribution is 6.02. The van der Waals surface area contributed by atoms with Crippen LogP contribution in [0.4, 0.5) is 0 Å². The predicted molar refractivity (Wildman–Crippen MR) is 59.8 cm³/mol. The molecule has 0 saturated carbocycles. The van der Waals surface area contributed by atoms with Crippen LogP contribution in [0, 0.1) is 6.92 Å². The molecule has 0 radical (unpaired) electrons. The predicted octanol–water partition coefficient (Wildman–Crippen LogP) is 0.455. The Kier molecular flexibility index (Phi) is 6.08. The van der Waals surface area contributed by atoms with Crippen LogP contribution in [0.3, 0.4) is 0 Å². The van der Waals surface area contributed by atoms with Crippen molar-refractivity contribution in [2.45, 2.75) is 6.92 Å². The molecule has 0 aliphatic heterocycles. The second-order valence-electron chi connectivity index (χ2n) is 3.16. The lowest BCUT2D eigenvalue weighted by Gasteiger charge is -2.03. The second-order valence-corrected chi connectivity index (χ2v) is 3.16. The highest BCUT2D eigenvalue weighted by Crippen LogP contribution is 2.13. The molecule has 0 aliphatic carbocycles. The summed E-state index contributed by atoms with van der Waals surface area (Å²) in [4.78, 5) is 30.4. The third-order valence-corrected chi connectivity index (χ3v) is 1.85. The van der Waals surface area contributed by atoms with Crippen LogP contribution in [0.15, 0.2) is 18.2 Å². The molecule has 1 rings (SSSR count). The van der Waals surface area contributed by atoms with E-state index in [1.165, 1.54) is 12.1 Å². The van der Waals surface area contributed by atoms with Gasteiger partial charge >= 0.3 is 17.9 Å². The number of aliphatic carboxylic acids is 1. The van der Waals surface area contributed by atoms with E-state index in [2.05, 4.69) is 0 Å². The maximum absolute atomic E-state index is 10.7. The summed E-state index contributed by atoms with van der Waals surface area (Å²) in [7, 11) is 0. The highest BCUT2D eigenvalue weighted by atomic mass is 16.4. The zero-order valence-electron chi connectivity index (χ0n) is 9.45. The first-order valence-corrected chi connectivity index (χ1v) is 4.70. The molecule has 0 atom stereocenters. The number of aliphatic hydroxyl groups excluding tert-OH is 1. The molecule has 7 nitrogen and oxygen atoms in total. The lowest BCUT2D eigenvalue weighted by molar-refractivity contribution is -0.140. The molecule has 98 valence electrons. The molecule has 0 saturated heterocycles. The van der Waals surface area contributed by atoms with E-state index in [9.17, 15) is 9.59 Å². The Hall–Kier alpha value is -2.41. The number of benzene rings is 1. The third kappa shape index (κ3) is 4.62. The van der Waals surface area contributed by atoms with Crippen molar-refractivity contribution < 1.29 is 34.8 Å². The minimum Gasteiger partial charge on any atom is -0.480 e. The fraction of sp³-hybridized carbons (Fsp3) is 0.182. The quantitative estimate of drug-likeness (QED) is 0.617. The molecular formula is C11H12O7. The van der Waals surface area contributed by atoms with E-state index in [-0.39, 0.29) is 11.1 Å². The van der Waals surface area contributed by atoms with Crippen LogP contribution in [0.1, 0.15) is 26.3 Å². The molecular weight excluding hydrogens is 244 g/mol. The van der Waals surface area contributed by atoms with Crippen molar-refractivity contribution in [1.82, 2.24) is 0 Å². The summed E-state index contributed by atoms with van der Waals surface area (Å²) in [5.74, 6) is -3.62. The van der Waals surface area contributed by atoms with Crippen molar-refractivity contribution in [2.24, 2.45) is 0 Å². The van der Waals surface area contributed by atoms with Gasteiger partial charge in [0.1, 0.15) is 6.61 Å². The van der Waals surface area contributed by atoms with Crippen LogP contribution in [-0.4, -0.2) is 44.9 Å². The number of rotatable bonds is 3. The number of carboxylic acid groups (broad SMARTS) is 3. The van der Waals surface area contributed by atoms with E-state index in [1.807, 2.05) is 0 Å². The number of hydrogen-bond acceptors (Lipinski definition) is 4. The first-order chi connectivity index (χ1) is 8.31. The number of carboxylic acids is 3. The van der Waals surface area contributed by atoms with E-state index in [4.69, 9.17) is 25.2 Å². The number of aliphatic hydroxyl groups is 1. The molecule has 4 N–H and O–H groups in total. The van der Waals surface area contributed by atoms with E-state index in [0.717, 1.165) is 0 Å². The molecule has 0 spiro atoms. The van der Waals surface area contributed by atoms with Gasteiger partial charge in [-0.05, 0) is 18.6 Å². The van der Waals surface area contributed by atoms with E-state index < -0.39 is 24.5 Å². The van der Waals surface area contributed by atoms with Crippen molar-refractivity contribution >= 4 is 17.9 Å². The zero-order chi connectivity index (χ0) is 14.3. The molecule has 0 aliphatic rings. The van der Waals surface area contributed by atoms with Crippen LogP contribution in [0.25, 0.3) is 0 Å². The average Bonchev–Trinajstić information content (AvgIpc) is 2.28.